The number of rotatable bonds is 8. The first-order valence-corrected chi connectivity index (χ1v) is 8.42. The van der Waals surface area contributed by atoms with Crippen LogP contribution in [0.15, 0.2) is 24.3 Å². The first kappa shape index (κ1) is 14.8. The summed E-state index contributed by atoms with van der Waals surface area (Å²) in [6, 6.07) is 8.12. The smallest absolute Gasteiger partial charge is 0.155 e. The van der Waals surface area contributed by atoms with Crippen molar-refractivity contribution in [3.63, 3.8) is 0 Å². The fraction of sp³-hybridized carbons (Fsp3) is 0.467. The molecule has 6 heteroatoms. The highest BCUT2D eigenvalue weighted by Gasteiger charge is 2.19. The van der Waals surface area contributed by atoms with E-state index < -0.39 is 0 Å². The van der Waals surface area contributed by atoms with E-state index in [-0.39, 0.29) is 0 Å². The average Bonchev–Trinajstić information content (AvgIpc) is 3.21. The molecule has 1 aromatic carbocycles. The van der Waals surface area contributed by atoms with Gasteiger partial charge in [0.1, 0.15) is 17.4 Å². The van der Waals surface area contributed by atoms with Crippen LogP contribution in [0.2, 0.25) is 5.02 Å². The lowest BCUT2D eigenvalue weighted by atomic mass is 10.3. The molecule has 1 heterocycles. The van der Waals surface area contributed by atoms with Crippen molar-refractivity contribution in [1.29, 1.82) is 0 Å². The first-order valence-electron chi connectivity index (χ1n) is 7.22. The van der Waals surface area contributed by atoms with E-state index in [0.717, 1.165) is 41.2 Å². The molecule has 0 bridgehead atoms. The highest BCUT2D eigenvalue weighted by atomic mass is 35.5. The summed E-state index contributed by atoms with van der Waals surface area (Å²) in [7, 11) is 0. The summed E-state index contributed by atoms with van der Waals surface area (Å²) in [6.45, 7) is 1.53. The molecule has 3 rings (SSSR count). The number of benzene rings is 1. The van der Waals surface area contributed by atoms with Gasteiger partial charge in [-0.1, -0.05) is 22.9 Å². The van der Waals surface area contributed by atoms with Crippen molar-refractivity contribution in [3.8, 4) is 5.75 Å². The van der Waals surface area contributed by atoms with Crippen molar-refractivity contribution in [2.24, 2.45) is 0 Å². The second-order valence-corrected chi connectivity index (χ2v) is 6.75. The maximum atomic E-state index is 5.84. The molecule has 112 valence electrons. The maximum absolute atomic E-state index is 5.84. The number of hydrogen-bond acceptors (Lipinski definition) is 5. The molecule has 1 fully saturated rings. The molecule has 0 aliphatic heterocycles. The van der Waals surface area contributed by atoms with Gasteiger partial charge in [-0.2, -0.15) is 0 Å². The van der Waals surface area contributed by atoms with E-state index in [9.17, 15) is 0 Å². The van der Waals surface area contributed by atoms with Gasteiger partial charge in [0.2, 0.25) is 0 Å². The Morgan fingerprint density at radius 3 is 2.71 bits per heavy atom. The molecule has 0 spiro atoms. The summed E-state index contributed by atoms with van der Waals surface area (Å²) in [5.41, 5.74) is 0. The largest absolute Gasteiger partial charge is 0.486 e. The molecule has 0 saturated heterocycles. The number of halogens is 1. The third-order valence-electron chi connectivity index (χ3n) is 3.26. The van der Waals surface area contributed by atoms with Crippen molar-refractivity contribution >= 4 is 22.9 Å². The van der Waals surface area contributed by atoms with Crippen molar-refractivity contribution < 1.29 is 4.74 Å². The monoisotopic (exact) mass is 323 g/mol. The van der Waals surface area contributed by atoms with Crippen LogP contribution < -0.4 is 10.1 Å². The number of nitrogens with one attached hydrogen (secondary N) is 1. The minimum absolute atomic E-state index is 0.458. The highest BCUT2D eigenvalue weighted by Crippen LogP contribution is 2.20. The van der Waals surface area contributed by atoms with Gasteiger partial charge >= 0.3 is 0 Å². The summed E-state index contributed by atoms with van der Waals surface area (Å²) in [4.78, 5) is 0. The molecule has 0 unspecified atom stereocenters. The number of hydrogen-bond donors (Lipinski definition) is 1. The SMILES string of the molecule is Clc1ccc(OCc2nnc(CCCNC3CC3)s2)cc1. The molecule has 21 heavy (non-hydrogen) atoms. The second kappa shape index (κ2) is 7.20. The van der Waals surface area contributed by atoms with Crippen LogP contribution in [0, 0.1) is 0 Å². The predicted molar refractivity (Wildman–Crippen MR) is 85.0 cm³/mol. The lowest BCUT2D eigenvalue weighted by molar-refractivity contribution is 0.304. The van der Waals surface area contributed by atoms with E-state index in [1.165, 1.54) is 12.8 Å². The second-order valence-electron chi connectivity index (χ2n) is 5.16. The average molecular weight is 324 g/mol. The molecule has 0 amide bonds. The van der Waals surface area contributed by atoms with Gasteiger partial charge in [0.15, 0.2) is 5.01 Å². The van der Waals surface area contributed by atoms with Crippen molar-refractivity contribution in [2.75, 3.05) is 6.54 Å². The number of nitrogens with zero attached hydrogens (tertiary/aromatic N) is 2. The van der Waals surface area contributed by atoms with E-state index in [1.54, 1.807) is 11.3 Å². The topological polar surface area (TPSA) is 47.0 Å². The Hall–Kier alpha value is -1.17. The molecule has 0 atom stereocenters. The van der Waals surface area contributed by atoms with Crippen LogP contribution >= 0.6 is 22.9 Å². The summed E-state index contributed by atoms with van der Waals surface area (Å²) in [5.74, 6) is 0.796. The third kappa shape index (κ3) is 4.95. The van der Waals surface area contributed by atoms with E-state index in [2.05, 4.69) is 15.5 Å². The Balaban J connectivity index is 1.40. The maximum Gasteiger partial charge on any atom is 0.155 e. The van der Waals surface area contributed by atoms with Gasteiger partial charge in [-0.3, -0.25) is 0 Å². The molecule has 1 N–H and O–H groups in total. The van der Waals surface area contributed by atoms with Gasteiger partial charge in [0, 0.05) is 17.5 Å². The Labute approximate surface area is 133 Å². The predicted octanol–water partition coefficient (Wildman–Crippen LogP) is 3.46. The molecule has 1 aliphatic carbocycles. The summed E-state index contributed by atoms with van der Waals surface area (Å²) < 4.78 is 5.66. The van der Waals surface area contributed by atoms with Crippen LogP contribution in [0.3, 0.4) is 0 Å². The van der Waals surface area contributed by atoms with E-state index in [0.29, 0.717) is 11.6 Å². The lowest BCUT2D eigenvalue weighted by Crippen LogP contribution is -2.17. The van der Waals surface area contributed by atoms with Gasteiger partial charge in [-0.05, 0) is 50.1 Å². The fourth-order valence-corrected chi connectivity index (χ4v) is 2.88. The molecule has 4 nitrogen and oxygen atoms in total. The normalized spacial score (nSPS) is 14.3. The zero-order valence-electron chi connectivity index (χ0n) is 11.7. The number of ether oxygens (including phenoxy) is 1. The first-order chi connectivity index (χ1) is 10.3. The van der Waals surface area contributed by atoms with Crippen molar-refractivity contribution in [3.05, 3.63) is 39.3 Å². The molecule has 1 aliphatic rings. The fourth-order valence-electron chi connectivity index (χ4n) is 1.96. The Kier molecular flexibility index (Phi) is 5.06. The molecule has 2 aromatic rings. The van der Waals surface area contributed by atoms with Gasteiger partial charge in [0.05, 0.1) is 0 Å². The van der Waals surface area contributed by atoms with E-state index >= 15 is 0 Å². The molecule has 0 radical (unpaired) electrons. The Morgan fingerprint density at radius 2 is 1.95 bits per heavy atom. The minimum atomic E-state index is 0.458. The summed E-state index contributed by atoms with van der Waals surface area (Å²) in [5, 5.41) is 14.6. The van der Waals surface area contributed by atoms with Gasteiger partial charge in [0.25, 0.3) is 0 Å². The van der Waals surface area contributed by atoms with E-state index in [4.69, 9.17) is 16.3 Å². The molecular weight excluding hydrogens is 306 g/mol. The van der Waals surface area contributed by atoms with Crippen LogP contribution in [-0.2, 0) is 13.0 Å². The summed E-state index contributed by atoms with van der Waals surface area (Å²) >= 11 is 7.46. The van der Waals surface area contributed by atoms with Gasteiger partial charge in [-0.25, -0.2) is 0 Å². The number of aromatic nitrogens is 2. The van der Waals surface area contributed by atoms with Gasteiger partial charge in [-0.15, -0.1) is 10.2 Å². The molecular formula is C15H18ClN3OS. The van der Waals surface area contributed by atoms with Crippen LogP contribution in [0.5, 0.6) is 5.75 Å². The third-order valence-corrected chi connectivity index (χ3v) is 4.47. The molecule has 1 aromatic heterocycles. The minimum Gasteiger partial charge on any atom is -0.486 e. The van der Waals surface area contributed by atoms with Gasteiger partial charge < -0.3 is 10.1 Å². The van der Waals surface area contributed by atoms with E-state index in [1.807, 2.05) is 24.3 Å². The van der Waals surface area contributed by atoms with Crippen LogP contribution in [-0.4, -0.2) is 22.8 Å². The van der Waals surface area contributed by atoms with Crippen LogP contribution in [0.4, 0.5) is 0 Å². The van der Waals surface area contributed by atoms with Crippen LogP contribution in [0.1, 0.15) is 29.3 Å². The number of aryl methyl sites for hydroxylation is 1. The van der Waals surface area contributed by atoms with Crippen molar-refractivity contribution in [2.45, 2.75) is 38.3 Å². The zero-order valence-corrected chi connectivity index (χ0v) is 13.3. The Morgan fingerprint density at radius 1 is 1.19 bits per heavy atom. The lowest BCUT2D eigenvalue weighted by Gasteiger charge is -2.02. The zero-order chi connectivity index (χ0) is 14.5. The van der Waals surface area contributed by atoms with Crippen molar-refractivity contribution in [1.82, 2.24) is 15.5 Å². The molecule has 1 saturated carbocycles. The quantitative estimate of drug-likeness (QED) is 0.756. The Bertz CT molecular complexity index is 569. The van der Waals surface area contributed by atoms with Crippen LogP contribution in [0.25, 0.3) is 0 Å². The standard InChI is InChI=1S/C15H18ClN3OS/c16-11-3-7-13(8-4-11)20-10-15-19-18-14(21-15)2-1-9-17-12-5-6-12/h3-4,7-8,12,17H,1-2,5-6,9-10H2. The summed E-state index contributed by atoms with van der Waals surface area (Å²) in [6.07, 6.45) is 4.78. The highest BCUT2D eigenvalue weighted by molar-refractivity contribution is 7.11.